The number of imide groups is 1. The van der Waals surface area contributed by atoms with Crippen molar-refractivity contribution in [3.8, 4) is 5.69 Å². The highest BCUT2D eigenvalue weighted by Crippen LogP contribution is 2.31. The third-order valence-corrected chi connectivity index (χ3v) is 6.76. The monoisotopic (exact) mass is 512 g/mol. The van der Waals surface area contributed by atoms with Crippen LogP contribution in [-0.2, 0) is 13.0 Å². The molecule has 2 aliphatic heterocycles. The molecule has 4 aromatic rings. The minimum absolute atomic E-state index is 0.0948. The summed E-state index contributed by atoms with van der Waals surface area (Å²) in [6, 6.07) is 18.4. The minimum Gasteiger partial charge on any atom is -0.281 e. The maximum Gasteiger partial charge on any atom is 0.270 e. The second-order valence-corrected chi connectivity index (χ2v) is 8.94. The number of amides is 2. The van der Waals surface area contributed by atoms with Gasteiger partial charge in [0.05, 0.1) is 27.4 Å². The highest BCUT2D eigenvalue weighted by atomic mass is 35.5. The van der Waals surface area contributed by atoms with Crippen molar-refractivity contribution in [2.45, 2.75) is 13.0 Å². The molecule has 3 aromatic carbocycles. The van der Waals surface area contributed by atoms with Crippen LogP contribution in [0.3, 0.4) is 0 Å². The maximum atomic E-state index is 12.8. The fourth-order valence-corrected chi connectivity index (χ4v) is 4.92. The van der Waals surface area contributed by atoms with E-state index in [1.165, 1.54) is 17.0 Å². The molecule has 3 heterocycles. The van der Waals surface area contributed by atoms with Gasteiger partial charge in [-0.3, -0.25) is 34.2 Å². The van der Waals surface area contributed by atoms with Gasteiger partial charge in [0.15, 0.2) is 5.82 Å². The van der Waals surface area contributed by atoms with Crippen LogP contribution >= 0.6 is 11.6 Å². The zero-order valence-corrected chi connectivity index (χ0v) is 19.9. The van der Waals surface area contributed by atoms with E-state index in [2.05, 4.69) is 10.2 Å². The van der Waals surface area contributed by atoms with Gasteiger partial charge in [0.1, 0.15) is 12.4 Å². The van der Waals surface area contributed by atoms with Crippen LogP contribution in [0, 0.1) is 10.1 Å². The Kier molecular flexibility index (Phi) is 5.38. The van der Waals surface area contributed by atoms with Crippen LogP contribution in [0.5, 0.6) is 0 Å². The Morgan fingerprint density at radius 1 is 0.892 bits per heavy atom. The van der Waals surface area contributed by atoms with Crippen molar-refractivity contribution in [3.63, 3.8) is 0 Å². The Bertz CT molecular complexity index is 1630. The molecule has 10 nitrogen and oxygen atoms in total. The molecular formula is C26H17ClN6O4. The van der Waals surface area contributed by atoms with Crippen molar-refractivity contribution in [1.29, 1.82) is 0 Å². The number of aliphatic imine (C=N–C) groups is 1. The zero-order valence-electron chi connectivity index (χ0n) is 19.2. The van der Waals surface area contributed by atoms with Crippen LogP contribution in [0.25, 0.3) is 5.69 Å². The molecule has 6 rings (SSSR count). The number of hydrogen-bond acceptors (Lipinski definition) is 7. The summed E-state index contributed by atoms with van der Waals surface area (Å²) >= 11 is 6.47. The summed E-state index contributed by atoms with van der Waals surface area (Å²) in [5, 5.41) is 20.7. The summed E-state index contributed by atoms with van der Waals surface area (Å²) < 4.78 is 1.78. The normalized spacial score (nSPS) is 14.1. The van der Waals surface area contributed by atoms with E-state index >= 15 is 0 Å². The third kappa shape index (κ3) is 3.69. The Hall–Kier alpha value is -4.70. The molecule has 0 bridgehead atoms. The molecule has 0 aliphatic carbocycles. The Morgan fingerprint density at radius 3 is 2.24 bits per heavy atom. The number of nitro benzene ring substituents is 1. The number of nitro groups is 1. The molecule has 1 aromatic heterocycles. The molecule has 2 aliphatic rings. The number of nitrogens with zero attached hydrogens (tertiary/aromatic N) is 6. The highest BCUT2D eigenvalue weighted by Gasteiger charge is 2.35. The maximum absolute atomic E-state index is 12.8. The summed E-state index contributed by atoms with van der Waals surface area (Å²) in [6.07, 6.45) is 0.232. The number of rotatable bonds is 5. The second-order valence-electron chi connectivity index (χ2n) is 8.53. The largest absolute Gasteiger partial charge is 0.281 e. The molecule has 0 saturated carbocycles. The SMILES string of the molecule is O=C1c2ccccc2C(=O)N1CCc1nnc2n1-c1ccc([N+](=O)[O-])cc1C(c1ccccc1Cl)=NC2. The average molecular weight is 513 g/mol. The number of aromatic nitrogens is 3. The lowest BCUT2D eigenvalue weighted by atomic mass is 9.99. The number of hydrogen-bond donors (Lipinski definition) is 0. The van der Waals surface area contributed by atoms with E-state index in [1.807, 2.05) is 6.07 Å². The van der Waals surface area contributed by atoms with Crippen LogP contribution in [0.15, 0.2) is 71.7 Å². The molecule has 0 spiro atoms. The van der Waals surface area contributed by atoms with Crippen molar-refractivity contribution < 1.29 is 14.5 Å². The predicted molar refractivity (Wildman–Crippen MR) is 134 cm³/mol. The molecular weight excluding hydrogens is 496 g/mol. The van der Waals surface area contributed by atoms with Gasteiger partial charge < -0.3 is 0 Å². The van der Waals surface area contributed by atoms with Crippen LogP contribution in [-0.4, -0.2) is 48.7 Å². The first-order valence-electron chi connectivity index (χ1n) is 11.4. The topological polar surface area (TPSA) is 124 Å². The van der Waals surface area contributed by atoms with Gasteiger partial charge in [0.25, 0.3) is 17.5 Å². The molecule has 0 atom stereocenters. The van der Waals surface area contributed by atoms with Crippen LogP contribution in [0.1, 0.15) is 43.5 Å². The quantitative estimate of drug-likeness (QED) is 0.226. The van der Waals surface area contributed by atoms with E-state index in [0.29, 0.717) is 50.3 Å². The molecule has 37 heavy (non-hydrogen) atoms. The van der Waals surface area contributed by atoms with Crippen molar-refractivity contribution in [1.82, 2.24) is 19.7 Å². The summed E-state index contributed by atoms with van der Waals surface area (Å²) in [5.41, 5.74) is 2.90. The van der Waals surface area contributed by atoms with E-state index in [-0.39, 0.29) is 37.0 Å². The van der Waals surface area contributed by atoms with Crippen molar-refractivity contribution in [2.75, 3.05) is 6.54 Å². The van der Waals surface area contributed by atoms with Crippen molar-refractivity contribution >= 4 is 34.8 Å². The van der Waals surface area contributed by atoms with Gasteiger partial charge in [-0.05, 0) is 24.3 Å². The van der Waals surface area contributed by atoms with Gasteiger partial charge in [0, 0.05) is 41.2 Å². The molecule has 0 fully saturated rings. The second kappa shape index (κ2) is 8.75. The van der Waals surface area contributed by atoms with Crippen molar-refractivity contribution in [2.24, 2.45) is 4.99 Å². The minimum atomic E-state index is -0.467. The smallest absolute Gasteiger partial charge is 0.270 e. The van der Waals surface area contributed by atoms with Crippen LogP contribution in [0.2, 0.25) is 5.02 Å². The Balaban J connectivity index is 1.40. The summed E-state index contributed by atoms with van der Waals surface area (Å²) in [5.74, 6) is 0.319. The van der Waals surface area contributed by atoms with Gasteiger partial charge >= 0.3 is 0 Å². The van der Waals surface area contributed by atoms with Gasteiger partial charge in [-0.2, -0.15) is 0 Å². The van der Waals surface area contributed by atoms with Gasteiger partial charge in [-0.15, -0.1) is 10.2 Å². The van der Waals surface area contributed by atoms with Gasteiger partial charge in [-0.1, -0.05) is 41.9 Å². The standard InChI is InChI=1S/C26H17ClN6O4/c27-20-8-4-3-7-18(20)24-19-13-15(33(36)37)9-10-21(19)32-22(29-30-23(32)14-28-24)11-12-31-25(34)16-5-1-2-6-17(16)26(31)35/h1-10,13H,11-12,14H2. The molecule has 0 radical (unpaired) electrons. The highest BCUT2D eigenvalue weighted by molar-refractivity contribution is 6.35. The lowest BCUT2D eigenvalue weighted by molar-refractivity contribution is -0.384. The average Bonchev–Trinajstić information content (AvgIpc) is 3.36. The van der Waals surface area contributed by atoms with Gasteiger partial charge in [0.2, 0.25) is 0 Å². The molecule has 182 valence electrons. The number of benzene rings is 3. The molecule has 0 unspecified atom stereocenters. The molecule has 0 N–H and O–H groups in total. The molecule has 2 amide bonds. The van der Waals surface area contributed by atoms with E-state index in [4.69, 9.17) is 16.6 Å². The summed E-state index contributed by atoms with van der Waals surface area (Å²) in [4.78, 5) is 42.6. The van der Waals surface area contributed by atoms with E-state index in [1.54, 1.807) is 53.1 Å². The Labute approximate surface area is 215 Å². The number of fused-ring (bicyclic) bond motifs is 4. The van der Waals surface area contributed by atoms with Crippen LogP contribution < -0.4 is 0 Å². The van der Waals surface area contributed by atoms with E-state index < -0.39 is 4.92 Å². The third-order valence-electron chi connectivity index (χ3n) is 6.43. The summed E-state index contributed by atoms with van der Waals surface area (Å²) in [6.45, 7) is 0.258. The fraction of sp³-hybridized carbons (Fsp3) is 0.115. The van der Waals surface area contributed by atoms with Crippen molar-refractivity contribution in [3.05, 3.63) is 116 Å². The lowest BCUT2D eigenvalue weighted by Crippen LogP contribution is -2.32. The number of carbonyl (C=O) groups is 2. The number of non-ortho nitro benzene ring substituents is 1. The first-order valence-corrected chi connectivity index (χ1v) is 11.8. The lowest BCUT2D eigenvalue weighted by Gasteiger charge is -2.16. The van der Waals surface area contributed by atoms with Crippen LogP contribution in [0.4, 0.5) is 5.69 Å². The Morgan fingerprint density at radius 2 is 1.57 bits per heavy atom. The molecule has 0 saturated heterocycles. The number of carbonyl (C=O) groups excluding carboxylic acids is 2. The van der Waals surface area contributed by atoms with Gasteiger partial charge in [-0.25, -0.2) is 0 Å². The predicted octanol–water partition coefficient (Wildman–Crippen LogP) is 4.02. The first-order chi connectivity index (χ1) is 17.9. The van der Waals surface area contributed by atoms with E-state index in [0.717, 1.165) is 0 Å². The summed E-state index contributed by atoms with van der Waals surface area (Å²) in [7, 11) is 0. The first kappa shape index (κ1) is 22.7. The molecule has 11 heteroatoms. The van der Waals surface area contributed by atoms with E-state index in [9.17, 15) is 19.7 Å². The fourth-order valence-electron chi connectivity index (χ4n) is 4.69. The zero-order chi connectivity index (χ0) is 25.7. The number of halogens is 1.